The lowest BCUT2D eigenvalue weighted by Crippen LogP contribution is -2.31. The van der Waals surface area contributed by atoms with Gasteiger partial charge in [0.1, 0.15) is 0 Å². The fraction of sp³-hybridized carbons (Fsp3) is 0.562. The van der Waals surface area contributed by atoms with E-state index in [1.807, 2.05) is 41.5 Å². The Bertz CT molecular complexity index is 482. The molecule has 20 heavy (non-hydrogen) atoms. The largest absolute Gasteiger partial charge is 0.454 e. The zero-order valence-electron chi connectivity index (χ0n) is 12.8. The second kappa shape index (κ2) is 4.90. The van der Waals surface area contributed by atoms with Crippen LogP contribution in [0.4, 0.5) is 13.2 Å². The molecular formula is C16H21F3O. The molecule has 0 spiro atoms. The highest BCUT2D eigenvalue weighted by Gasteiger charge is 2.43. The first kappa shape index (κ1) is 16.7. The smallest absolute Gasteiger partial charge is 0.284 e. The summed E-state index contributed by atoms with van der Waals surface area (Å²) in [6.07, 6.45) is -4.86. The fourth-order valence-corrected chi connectivity index (χ4v) is 2.19. The minimum Gasteiger partial charge on any atom is -0.284 e. The normalized spacial score (nSPS) is 13.4. The van der Waals surface area contributed by atoms with Crippen molar-refractivity contribution in [1.29, 1.82) is 0 Å². The second-order valence-corrected chi connectivity index (χ2v) is 7.06. The van der Waals surface area contributed by atoms with Crippen molar-refractivity contribution in [2.24, 2.45) is 0 Å². The van der Waals surface area contributed by atoms with Crippen LogP contribution in [0.15, 0.2) is 18.2 Å². The van der Waals surface area contributed by atoms with Gasteiger partial charge in [-0.15, -0.1) is 0 Å². The molecule has 0 unspecified atom stereocenters. The van der Waals surface area contributed by atoms with Gasteiger partial charge in [-0.1, -0.05) is 59.7 Å². The van der Waals surface area contributed by atoms with E-state index in [0.717, 1.165) is 0 Å². The van der Waals surface area contributed by atoms with Gasteiger partial charge in [0.2, 0.25) is 0 Å². The number of ketones is 1. The number of benzene rings is 1. The van der Waals surface area contributed by atoms with E-state index in [0.29, 0.717) is 11.1 Å². The van der Waals surface area contributed by atoms with E-state index in [4.69, 9.17) is 0 Å². The molecule has 112 valence electrons. The summed E-state index contributed by atoms with van der Waals surface area (Å²) >= 11 is 0. The van der Waals surface area contributed by atoms with E-state index in [1.54, 1.807) is 18.2 Å². The Hall–Kier alpha value is -1.32. The van der Waals surface area contributed by atoms with E-state index in [-0.39, 0.29) is 5.56 Å². The molecule has 0 saturated carbocycles. The van der Waals surface area contributed by atoms with Crippen molar-refractivity contribution in [3.63, 3.8) is 0 Å². The van der Waals surface area contributed by atoms with Crippen molar-refractivity contribution in [3.05, 3.63) is 34.9 Å². The van der Waals surface area contributed by atoms with Crippen LogP contribution in [-0.4, -0.2) is 12.0 Å². The highest BCUT2D eigenvalue weighted by molar-refractivity contribution is 6.03. The van der Waals surface area contributed by atoms with Gasteiger partial charge in [0.25, 0.3) is 5.78 Å². The van der Waals surface area contributed by atoms with Crippen LogP contribution in [0.5, 0.6) is 0 Å². The number of hydrogen-bond acceptors (Lipinski definition) is 1. The lowest BCUT2D eigenvalue weighted by molar-refractivity contribution is -0.0887. The number of rotatable bonds is 1. The van der Waals surface area contributed by atoms with Gasteiger partial charge in [-0.25, -0.2) is 0 Å². The summed E-state index contributed by atoms with van der Waals surface area (Å²) in [7, 11) is 0. The first-order valence-corrected chi connectivity index (χ1v) is 6.52. The zero-order chi connectivity index (χ0) is 15.9. The molecular weight excluding hydrogens is 265 g/mol. The minimum atomic E-state index is -4.86. The maximum Gasteiger partial charge on any atom is 0.454 e. The number of carbonyl (C=O) groups is 1. The van der Waals surface area contributed by atoms with Crippen LogP contribution in [0.1, 0.15) is 63.0 Å². The molecule has 0 aliphatic rings. The van der Waals surface area contributed by atoms with Gasteiger partial charge in [0.15, 0.2) is 0 Å². The van der Waals surface area contributed by atoms with Crippen LogP contribution >= 0.6 is 0 Å². The van der Waals surface area contributed by atoms with Gasteiger partial charge in [-0.3, -0.25) is 4.79 Å². The van der Waals surface area contributed by atoms with Gasteiger partial charge in [-0.05, 0) is 22.0 Å². The standard InChI is InChI=1S/C16H21F3O/c1-14(2,3)10-8-7-9-11(15(4,5)6)12(10)13(20)16(17,18)19/h7-9H,1-6H3. The van der Waals surface area contributed by atoms with Crippen molar-refractivity contribution < 1.29 is 18.0 Å². The molecule has 0 aromatic heterocycles. The maximum atomic E-state index is 12.9. The molecule has 4 heteroatoms. The van der Waals surface area contributed by atoms with E-state index in [9.17, 15) is 18.0 Å². The average molecular weight is 286 g/mol. The number of alkyl halides is 3. The van der Waals surface area contributed by atoms with Crippen molar-refractivity contribution in [1.82, 2.24) is 0 Å². The number of hydrogen-bond donors (Lipinski definition) is 0. The Morgan fingerprint density at radius 1 is 0.850 bits per heavy atom. The third-order valence-electron chi connectivity index (χ3n) is 3.17. The van der Waals surface area contributed by atoms with Crippen molar-refractivity contribution >= 4 is 5.78 Å². The predicted molar refractivity (Wildman–Crippen MR) is 74.2 cm³/mol. The highest BCUT2D eigenvalue weighted by Crippen LogP contribution is 2.37. The molecule has 0 bridgehead atoms. The van der Waals surface area contributed by atoms with Crippen LogP contribution in [0.25, 0.3) is 0 Å². The molecule has 0 fully saturated rings. The third-order valence-corrected chi connectivity index (χ3v) is 3.17. The number of carbonyl (C=O) groups excluding carboxylic acids is 1. The van der Waals surface area contributed by atoms with E-state index in [1.165, 1.54) is 0 Å². The molecule has 0 radical (unpaired) electrons. The Labute approximate surface area is 118 Å². The van der Waals surface area contributed by atoms with Gasteiger partial charge < -0.3 is 0 Å². The molecule has 0 aliphatic carbocycles. The van der Waals surface area contributed by atoms with Crippen molar-refractivity contribution in [2.45, 2.75) is 58.5 Å². The van der Waals surface area contributed by atoms with Gasteiger partial charge >= 0.3 is 6.18 Å². The molecule has 0 aliphatic heterocycles. The molecule has 0 saturated heterocycles. The summed E-state index contributed by atoms with van der Waals surface area (Å²) in [5.41, 5.74) is -0.380. The topological polar surface area (TPSA) is 17.1 Å². The monoisotopic (exact) mass is 286 g/mol. The quantitative estimate of drug-likeness (QED) is 0.662. The highest BCUT2D eigenvalue weighted by atomic mass is 19.4. The Kier molecular flexibility index (Phi) is 4.10. The van der Waals surface area contributed by atoms with Gasteiger partial charge in [0, 0.05) is 5.56 Å². The maximum absolute atomic E-state index is 12.9. The number of halogens is 3. The molecule has 1 rings (SSSR count). The second-order valence-electron chi connectivity index (χ2n) is 7.06. The minimum absolute atomic E-state index is 0.194. The van der Waals surface area contributed by atoms with E-state index < -0.39 is 22.8 Å². The summed E-state index contributed by atoms with van der Waals surface area (Å²) in [4.78, 5) is 11.9. The average Bonchev–Trinajstić information content (AvgIpc) is 2.23. The van der Waals surface area contributed by atoms with Gasteiger partial charge in [0.05, 0.1) is 0 Å². The zero-order valence-corrected chi connectivity index (χ0v) is 12.8. The van der Waals surface area contributed by atoms with Crippen LogP contribution in [0, 0.1) is 0 Å². The van der Waals surface area contributed by atoms with Crippen LogP contribution < -0.4 is 0 Å². The molecule has 1 aromatic rings. The molecule has 1 aromatic carbocycles. The summed E-state index contributed by atoms with van der Waals surface area (Å²) in [5, 5.41) is 0. The Morgan fingerprint density at radius 2 is 1.20 bits per heavy atom. The third kappa shape index (κ3) is 3.41. The molecule has 0 heterocycles. The van der Waals surface area contributed by atoms with Crippen molar-refractivity contribution in [2.75, 3.05) is 0 Å². The van der Waals surface area contributed by atoms with Crippen LogP contribution in [0.2, 0.25) is 0 Å². The van der Waals surface area contributed by atoms with Gasteiger partial charge in [-0.2, -0.15) is 13.2 Å². The molecule has 0 amide bonds. The van der Waals surface area contributed by atoms with E-state index >= 15 is 0 Å². The van der Waals surface area contributed by atoms with Crippen molar-refractivity contribution in [3.8, 4) is 0 Å². The number of Topliss-reactive ketones (excluding diaryl/α,β-unsaturated/α-hetero) is 1. The van der Waals surface area contributed by atoms with E-state index in [2.05, 4.69) is 0 Å². The Balaban J connectivity index is 3.71. The first-order valence-electron chi connectivity index (χ1n) is 6.52. The summed E-state index contributed by atoms with van der Waals surface area (Å²) < 4.78 is 38.8. The lowest BCUT2D eigenvalue weighted by atomic mass is 9.75. The van der Waals surface area contributed by atoms with Crippen LogP contribution in [0.3, 0.4) is 0 Å². The Morgan fingerprint density at radius 3 is 1.45 bits per heavy atom. The van der Waals surface area contributed by atoms with Crippen LogP contribution in [-0.2, 0) is 10.8 Å². The molecule has 0 atom stereocenters. The summed E-state index contributed by atoms with van der Waals surface area (Å²) in [6.45, 7) is 10.8. The SMILES string of the molecule is CC(C)(C)c1cccc(C(C)(C)C)c1C(=O)C(F)(F)F. The summed E-state index contributed by atoms with van der Waals surface area (Å²) in [6, 6.07) is 4.93. The predicted octanol–water partition coefficient (Wildman–Crippen LogP) is 5.03. The fourth-order valence-electron chi connectivity index (χ4n) is 2.19. The first-order chi connectivity index (χ1) is 8.76. The lowest BCUT2D eigenvalue weighted by Gasteiger charge is -2.29. The molecule has 1 nitrogen and oxygen atoms in total. The summed E-state index contributed by atoms with van der Waals surface area (Å²) in [5.74, 6) is -1.76. The molecule has 0 N–H and O–H groups in total.